The van der Waals surface area contributed by atoms with E-state index in [1.54, 1.807) is 0 Å². The summed E-state index contributed by atoms with van der Waals surface area (Å²) in [5.41, 5.74) is -1.04. The topological polar surface area (TPSA) is 150 Å². The van der Waals surface area contributed by atoms with E-state index in [2.05, 4.69) is 9.72 Å². The molecule has 2 rings (SSSR count). The van der Waals surface area contributed by atoms with Crippen molar-refractivity contribution in [1.29, 1.82) is 0 Å². The number of aromatic nitrogens is 1. The van der Waals surface area contributed by atoms with Crippen LogP contribution in [0.3, 0.4) is 0 Å². The molecule has 0 aliphatic heterocycles. The fourth-order valence-electron chi connectivity index (χ4n) is 3.11. The van der Waals surface area contributed by atoms with E-state index in [1.165, 1.54) is 40.4 Å². The van der Waals surface area contributed by atoms with E-state index in [0.29, 0.717) is 0 Å². The van der Waals surface area contributed by atoms with E-state index in [1.807, 2.05) is 0 Å². The molecule has 0 unspecified atom stereocenters. The summed E-state index contributed by atoms with van der Waals surface area (Å²) in [6.07, 6.45) is 0.629. The molecular weight excluding hydrogens is 426 g/mol. The first-order valence-electron chi connectivity index (χ1n) is 9.22. The minimum Gasteiger partial charge on any atom is -0.506 e. The van der Waals surface area contributed by atoms with Crippen LogP contribution in [0.15, 0.2) is 23.1 Å². The van der Waals surface area contributed by atoms with Crippen LogP contribution in [-0.2, 0) is 19.1 Å². The van der Waals surface area contributed by atoms with Crippen LogP contribution in [-0.4, -0.2) is 56.4 Å². The SMILES string of the molecule is COC(=O)C[C@@H](c1cc(OC)c(OC(C)=O)c(OC)c1)c1c(O)c(C(=O)OC)c[nH]c1=O. The average molecular weight is 449 g/mol. The highest BCUT2D eigenvalue weighted by molar-refractivity contribution is 5.92. The van der Waals surface area contributed by atoms with Crippen molar-refractivity contribution < 1.29 is 43.2 Å². The summed E-state index contributed by atoms with van der Waals surface area (Å²) in [6, 6.07) is 2.83. The molecular formula is C21H23NO10. The second-order valence-electron chi connectivity index (χ2n) is 6.47. The maximum Gasteiger partial charge on any atom is 0.343 e. The van der Waals surface area contributed by atoms with Gasteiger partial charge in [-0.25, -0.2) is 4.79 Å². The number of hydrogen-bond acceptors (Lipinski definition) is 10. The number of hydrogen-bond donors (Lipinski definition) is 2. The second-order valence-corrected chi connectivity index (χ2v) is 6.47. The fourth-order valence-corrected chi connectivity index (χ4v) is 3.11. The second kappa shape index (κ2) is 10.3. The molecule has 11 heteroatoms. The zero-order chi connectivity index (χ0) is 24.0. The van der Waals surface area contributed by atoms with Gasteiger partial charge in [0.25, 0.3) is 5.56 Å². The lowest BCUT2D eigenvalue weighted by Gasteiger charge is -2.21. The number of aromatic amines is 1. The van der Waals surface area contributed by atoms with Crippen molar-refractivity contribution >= 4 is 17.9 Å². The van der Waals surface area contributed by atoms with E-state index in [0.717, 1.165) is 13.3 Å². The maximum absolute atomic E-state index is 12.7. The molecule has 0 aliphatic carbocycles. The van der Waals surface area contributed by atoms with Gasteiger partial charge in [-0.05, 0) is 17.7 Å². The van der Waals surface area contributed by atoms with E-state index in [4.69, 9.17) is 18.9 Å². The number of carbonyl (C=O) groups is 3. The Labute approximate surface area is 182 Å². The van der Waals surface area contributed by atoms with Gasteiger partial charge in [-0.1, -0.05) is 0 Å². The minimum atomic E-state index is -1.09. The smallest absolute Gasteiger partial charge is 0.343 e. The zero-order valence-electron chi connectivity index (χ0n) is 18.1. The fraction of sp³-hybridized carbons (Fsp3) is 0.333. The van der Waals surface area contributed by atoms with Crippen LogP contribution in [0.1, 0.15) is 40.7 Å². The molecule has 0 saturated carbocycles. The van der Waals surface area contributed by atoms with E-state index >= 15 is 0 Å². The van der Waals surface area contributed by atoms with Crippen LogP contribution in [0.5, 0.6) is 23.0 Å². The lowest BCUT2D eigenvalue weighted by molar-refractivity contribution is -0.140. The van der Waals surface area contributed by atoms with Crippen molar-refractivity contribution in [2.75, 3.05) is 28.4 Å². The summed E-state index contributed by atoms with van der Waals surface area (Å²) >= 11 is 0. The van der Waals surface area contributed by atoms with Gasteiger partial charge in [0.05, 0.1) is 40.4 Å². The predicted molar refractivity (Wildman–Crippen MR) is 109 cm³/mol. The van der Waals surface area contributed by atoms with E-state index < -0.39 is 35.1 Å². The van der Waals surface area contributed by atoms with Gasteiger partial charge in [-0.3, -0.25) is 14.4 Å². The predicted octanol–water partition coefficient (Wildman–Crippen LogP) is 1.50. The largest absolute Gasteiger partial charge is 0.506 e. The number of nitrogens with one attached hydrogen (secondary N) is 1. The molecule has 0 fully saturated rings. The van der Waals surface area contributed by atoms with Crippen molar-refractivity contribution in [2.24, 2.45) is 0 Å². The van der Waals surface area contributed by atoms with Crippen molar-refractivity contribution in [3.8, 4) is 23.0 Å². The van der Waals surface area contributed by atoms with Gasteiger partial charge >= 0.3 is 17.9 Å². The van der Waals surface area contributed by atoms with Gasteiger partial charge < -0.3 is 33.8 Å². The van der Waals surface area contributed by atoms with Crippen molar-refractivity contribution in [1.82, 2.24) is 4.98 Å². The minimum absolute atomic E-state index is 0.00971. The summed E-state index contributed by atoms with van der Waals surface area (Å²) in [5, 5.41) is 10.7. The third-order valence-electron chi connectivity index (χ3n) is 4.59. The Morgan fingerprint density at radius 3 is 2.09 bits per heavy atom. The lowest BCUT2D eigenvalue weighted by atomic mass is 9.87. The number of H-pyrrole nitrogens is 1. The van der Waals surface area contributed by atoms with Crippen molar-refractivity contribution in [3.63, 3.8) is 0 Å². The maximum atomic E-state index is 12.7. The molecule has 1 heterocycles. The third kappa shape index (κ3) is 4.99. The molecule has 11 nitrogen and oxygen atoms in total. The molecule has 0 radical (unpaired) electrons. The van der Waals surface area contributed by atoms with Crippen LogP contribution in [0.25, 0.3) is 0 Å². The van der Waals surface area contributed by atoms with Crippen LogP contribution < -0.4 is 19.8 Å². The monoisotopic (exact) mass is 449 g/mol. The van der Waals surface area contributed by atoms with Gasteiger partial charge in [-0.2, -0.15) is 0 Å². The number of aromatic hydroxyl groups is 1. The third-order valence-corrected chi connectivity index (χ3v) is 4.59. The Hall–Kier alpha value is -4.02. The Morgan fingerprint density at radius 2 is 1.62 bits per heavy atom. The standard InChI is InChI=1S/C21H23NO10/c1-10(23)32-19-14(28-2)6-11(7-15(19)29-3)12(8-16(24)30-4)17-18(25)13(21(27)31-5)9-22-20(17)26/h6-7,9,12H,8H2,1-5H3,(H2,22,25,26)/t12-/m0/s1. The molecule has 2 aromatic rings. The van der Waals surface area contributed by atoms with E-state index in [9.17, 15) is 24.3 Å². The summed E-state index contributed by atoms with van der Waals surface area (Å²) in [7, 11) is 4.92. The number of methoxy groups -OCH3 is 4. The summed E-state index contributed by atoms with van der Waals surface area (Å²) in [5.74, 6) is -3.82. The summed E-state index contributed by atoms with van der Waals surface area (Å²) in [6.45, 7) is 1.20. The molecule has 32 heavy (non-hydrogen) atoms. The lowest BCUT2D eigenvalue weighted by Crippen LogP contribution is -2.22. The van der Waals surface area contributed by atoms with Gasteiger partial charge in [0.2, 0.25) is 5.75 Å². The quantitative estimate of drug-likeness (QED) is 0.448. The molecule has 0 amide bonds. The number of benzene rings is 1. The van der Waals surface area contributed by atoms with E-state index in [-0.39, 0.29) is 40.4 Å². The first-order valence-corrected chi connectivity index (χ1v) is 9.22. The first kappa shape index (κ1) is 24.3. The van der Waals surface area contributed by atoms with Crippen LogP contribution >= 0.6 is 0 Å². The molecule has 1 aromatic carbocycles. The Morgan fingerprint density at radius 1 is 1.03 bits per heavy atom. The first-order chi connectivity index (χ1) is 15.2. The normalized spacial score (nSPS) is 11.3. The number of ether oxygens (including phenoxy) is 5. The van der Waals surface area contributed by atoms with Crippen LogP contribution in [0.2, 0.25) is 0 Å². The highest BCUT2D eigenvalue weighted by Crippen LogP contribution is 2.43. The van der Waals surface area contributed by atoms with Crippen molar-refractivity contribution in [3.05, 3.63) is 45.4 Å². The Balaban J connectivity index is 2.81. The molecule has 1 aromatic heterocycles. The molecule has 1 atom stereocenters. The molecule has 0 bridgehead atoms. The molecule has 0 saturated heterocycles. The molecule has 0 aliphatic rings. The average Bonchev–Trinajstić information content (AvgIpc) is 2.77. The van der Waals surface area contributed by atoms with Crippen molar-refractivity contribution in [2.45, 2.75) is 19.3 Å². The highest BCUT2D eigenvalue weighted by Gasteiger charge is 2.30. The molecule has 2 N–H and O–H groups in total. The summed E-state index contributed by atoms with van der Waals surface area (Å²) < 4.78 is 25.1. The van der Waals surface area contributed by atoms with Gasteiger partial charge in [0.1, 0.15) is 11.3 Å². The van der Waals surface area contributed by atoms with Gasteiger partial charge in [0, 0.05) is 19.0 Å². The zero-order valence-corrected chi connectivity index (χ0v) is 18.1. The molecule has 172 valence electrons. The Kier molecular flexibility index (Phi) is 7.83. The van der Waals surface area contributed by atoms with Crippen LogP contribution in [0, 0.1) is 0 Å². The van der Waals surface area contributed by atoms with Gasteiger partial charge in [-0.15, -0.1) is 0 Å². The number of esters is 3. The Bertz CT molecular complexity index is 1060. The number of rotatable bonds is 8. The highest BCUT2D eigenvalue weighted by atomic mass is 16.6. The number of pyridine rings is 1. The number of carbonyl (C=O) groups excluding carboxylic acids is 3. The summed E-state index contributed by atoms with van der Waals surface area (Å²) in [4.78, 5) is 50.6. The molecule has 0 spiro atoms. The van der Waals surface area contributed by atoms with Gasteiger partial charge in [0.15, 0.2) is 11.5 Å². The van der Waals surface area contributed by atoms with Crippen LogP contribution in [0.4, 0.5) is 0 Å².